The van der Waals surface area contributed by atoms with E-state index in [0.717, 1.165) is 45.1 Å². The van der Waals surface area contributed by atoms with E-state index in [1.807, 2.05) is 6.92 Å². The fourth-order valence-corrected chi connectivity index (χ4v) is 8.03. The number of aromatic nitrogens is 3. The highest BCUT2D eigenvalue weighted by molar-refractivity contribution is 7.82. The molecule has 0 bridgehead atoms. The van der Waals surface area contributed by atoms with Crippen molar-refractivity contribution in [3.8, 4) is 17.3 Å². The second-order valence-corrected chi connectivity index (χ2v) is 13.7. The first kappa shape index (κ1) is 30.7. The highest BCUT2D eigenvalue weighted by atomic mass is 32.2. The van der Waals surface area contributed by atoms with Gasteiger partial charge in [-0.3, -0.25) is 9.88 Å². The maximum Gasteiger partial charge on any atom is 0.319 e. The van der Waals surface area contributed by atoms with Crippen LogP contribution in [0.15, 0.2) is 42.6 Å². The summed E-state index contributed by atoms with van der Waals surface area (Å²) < 4.78 is 53.4. The van der Waals surface area contributed by atoms with Gasteiger partial charge in [-0.15, -0.1) is 0 Å². The molecule has 8 nitrogen and oxygen atoms in total. The van der Waals surface area contributed by atoms with Gasteiger partial charge < -0.3 is 9.64 Å². The van der Waals surface area contributed by atoms with E-state index >= 15 is 8.78 Å². The van der Waals surface area contributed by atoms with Crippen LogP contribution in [0.2, 0.25) is 0 Å². The summed E-state index contributed by atoms with van der Waals surface area (Å²) in [5.74, 6) is -0.575. The molecule has 0 amide bonds. The number of hydrogen-bond donors (Lipinski definition) is 1. The Kier molecular flexibility index (Phi) is 8.56. The van der Waals surface area contributed by atoms with Crippen LogP contribution in [0.5, 0.6) is 6.01 Å². The van der Waals surface area contributed by atoms with E-state index in [4.69, 9.17) is 9.72 Å². The fourth-order valence-electron chi connectivity index (χ4n) is 7.17. The molecule has 44 heavy (non-hydrogen) atoms. The summed E-state index contributed by atoms with van der Waals surface area (Å²) in [5.41, 5.74) is -0.105. The Hall–Kier alpha value is -3.28. The van der Waals surface area contributed by atoms with Crippen LogP contribution in [-0.4, -0.2) is 74.7 Å². The number of ether oxygens (including phenoxy) is 1. The first-order valence-corrected chi connectivity index (χ1v) is 16.9. The van der Waals surface area contributed by atoms with Gasteiger partial charge in [0.05, 0.1) is 21.9 Å². The van der Waals surface area contributed by atoms with Crippen molar-refractivity contribution < 1.29 is 17.7 Å². The maximum absolute atomic E-state index is 16.7. The molecule has 0 aliphatic carbocycles. The number of anilines is 1. The molecule has 6 rings (SSSR count). The fraction of sp³-hybridized carbons (Fsp3) is 0.485. The highest BCUT2D eigenvalue weighted by Gasteiger charge is 2.39. The molecule has 2 aliphatic heterocycles. The molecule has 0 radical (unpaired) electrons. The zero-order valence-electron chi connectivity index (χ0n) is 25.8. The van der Waals surface area contributed by atoms with Crippen LogP contribution in [0.3, 0.4) is 0 Å². The van der Waals surface area contributed by atoms with Gasteiger partial charge >= 0.3 is 6.01 Å². The van der Waals surface area contributed by atoms with Crippen molar-refractivity contribution in [2.75, 3.05) is 44.4 Å². The summed E-state index contributed by atoms with van der Waals surface area (Å²) in [7, 11) is 0.920. The Morgan fingerprint density at radius 1 is 1.09 bits per heavy atom. The molecule has 2 saturated heterocycles. The van der Waals surface area contributed by atoms with Crippen molar-refractivity contribution in [3.05, 3.63) is 54.2 Å². The number of benzene rings is 2. The van der Waals surface area contributed by atoms with Crippen LogP contribution in [0.1, 0.15) is 52.4 Å². The lowest BCUT2D eigenvalue weighted by Crippen LogP contribution is -2.55. The Morgan fingerprint density at radius 2 is 1.86 bits per heavy atom. The van der Waals surface area contributed by atoms with Gasteiger partial charge in [0, 0.05) is 42.0 Å². The number of rotatable bonds is 9. The van der Waals surface area contributed by atoms with Gasteiger partial charge in [0.1, 0.15) is 29.5 Å². The van der Waals surface area contributed by atoms with Gasteiger partial charge in [0.2, 0.25) is 0 Å². The van der Waals surface area contributed by atoms with Gasteiger partial charge in [-0.1, -0.05) is 43.7 Å². The average molecular weight is 623 g/mol. The third-order valence-electron chi connectivity index (χ3n) is 9.27. The van der Waals surface area contributed by atoms with Crippen molar-refractivity contribution >= 4 is 38.5 Å². The number of fused-ring (bicyclic) bond motifs is 2. The summed E-state index contributed by atoms with van der Waals surface area (Å²) in [6.07, 6.45) is 8.96. The van der Waals surface area contributed by atoms with Crippen LogP contribution < -0.4 is 14.4 Å². The minimum atomic E-state index is -1.20. The van der Waals surface area contributed by atoms with Crippen LogP contribution in [0.25, 0.3) is 32.9 Å². The Morgan fingerprint density at radius 3 is 2.59 bits per heavy atom. The van der Waals surface area contributed by atoms with Gasteiger partial charge in [0.15, 0.2) is 5.82 Å². The van der Waals surface area contributed by atoms with Gasteiger partial charge in [-0.2, -0.15) is 9.97 Å². The van der Waals surface area contributed by atoms with Crippen molar-refractivity contribution in [1.29, 1.82) is 0 Å². The third-order valence-corrected chi connectivity index (χ3v) is 10.0. The quantitative estimate of drug-likeness (QED) is 0.245. The zero-order chi connectivity index (χ0) is 31.1. The smallest absolute Gasteiger partial charge is 0.319 e. The largest absolute Gasteiger partial charge is 0.461 e. The molecule has 3 atom stereocenters. The second-order valence-electron chi connectivity index (χ2n) is 12.6. The van der Waals surface area contributed by atoms with Gasteiger partial charge in [-0.05, 0) is 64.1 Å². The number of likely N-dealkylation sites (tertiary alicyclic amines) is 1. The molecule has 2 aliphatic rings. The average Bonchev–Trinajstić information content (AvgIpc) is 3.35. The summed E-state index contributed by atoms with van der Waals surface area (Å²) in [6, 6.07) is 10.1. The second kappa shape index (κ2) is 12.3. The monoisotopic (exact) mass is 622 g/mol. The van der Waals surface area contributed by atoms with E-state index < -0.39 is 28.2 Å². The summed E-state index contributed by atoms with van der Waals surface area (Å²) >= 11 is 0. The van der Waals surface area contributed by atoms with Crippen molar-refractivity contribution in [1.82, 2.24) is 24.6 Å². The molecule has 2 aromatic carbocycles. The molecule has 0 saturated carbocycles. The van der Waals surface area contributed by atoms with E-state index in [2.05, 4.69) is 38.5 Å². The predicted octanol–water partition coefficient (Wildman–Crippen LogP) is 6.01. The minimum Gasteiger partial charge on any atom is -0.461 e. The van der Waals surface area contributed by atoms with E-state index in [1.165, 1.54) is 6.07 Å². The molecule has 3 unspecified atom stereocenters. The number of halogens is 2. The summed E-state index contributed by atoms with van der Waals surface area (Å²) in [6.45, 7) is 6.79. The summed E-state index contributed by atoms with van der Waals surface area (Å²) in [4.78, 5) is 18.4. The topological polar surface area (TPSA) is 83.5 Å². The lowest BCUT2D eigenvalue weighted by Gasteiger charge is -2.41. The Bertz CT molecular complexity index is 1720. The maximum atomic E-state index is 16.7. The van der Waals surface area contributed by atoms with Crippen LogP contribution in [-0.2, 0) is 11.0 Å². The first-order valence-electron chi connectivity index (χ1n) is 15.4. The van der Waals surface area contributed by atoms with Gasteiger partial charge in [0.25, 0.3) is 0 Å². The minimum absolute atomic E-state index is 0.0216. The predicted molar refractivity (Wildman–Crippen MR) is 172 cm³/mol. The third kappa shape index (κ3) is 5.77. The number of piperidine rings is 1. The lowest BCUT2D eigenvalue weighted by molar-refractivity contribution is 0.0828. The molecule has 234 valence electrons. The van der Waals surface area contributed by atoms with Crippen molar-refractivity contribution in [2.45, 2.75) is 63.5 Å². The van der Waals surface area contributed by atoms with E-state index in [9.17, 15) is 4.21 Å². The molecule has 2 aromatic heterocycles. The number of pyridine rings is 1. The standard InChI is InChI=1S/C33H40F2N6O2S/c1-5-14-33(16-9-17-40(33)3)21-43-31-37-29-24(30(38-31)41-18-8-15-32(2,20-41)39-44(4)42)19-36-28(27(29)35)23-12-6-10-22-11-7-13-25(34)26(22)23/h6-7,10-13,19,39H,5,8-9,14-18,20-21H2,1-4H3. The van der Waals surface area contributed by atoms with Crippen molar-refractivity contribution in [2.24, 2.45) is 0 Å². The highest BCUT2D eigenvalue weighted by Crippen LogP contribution is 2.38. The molecule has 11 heteroatoms. The summed E-state index contributed by atoms with van der Waals surface area (Å²) in [5, 5.41) is 1.41. The Labute approximate surface area is 259 Å². The van der Waals surface area contributed by atoms with E-state index in [-0.39, 0.29) is 22.8 Å². The molecule has 4 aromatic rings. The number of nitrogens with one attached hydrogen (secondary N) is 1. The number of likely N-dealkylation sites (N-methyl/N-ethyl adjacent to an activating group) is 1. The molecule has 2 fully saturated rings. The zero-order valence-corrected chi connectivity index (χ0v) is 26.6. The van der Waals surface area contributed by atoms with Crippen LogP contribution in [0, 0.1) is 11.6 Å². The molecule has 0 spiro atoms. The van der Waals surface area contributed by atoms with Crippen LogP contribution in [0.4, 0.5) is 14.6 Å². The molecule has 1 N–H and O–H groups in total. The SMILES string of the molecule is CCCC1(COc2nc(N3CCCC(C)(NS(C)=O)C3)c3cnc(-c4cccc5cccc(F)c45)c(F)c3n2)CCCN1C. The van der Waals surface area contributed by atoms with Crippen LogP contribution >= 0.6 is 0 Å². The lowest BCUT2D eigenvalue weighted by atomic mass is 9.92. The first-order chi connectivity index (χ1) is 21.1. The Balaban J connectivity index is 1.48. The molecule has 4 heterocycles. The normalized spacial score (nSPS) is 23.5. The molecular formula is C33H40F2N6O2S. The van der Waals surface area contributed by atoms with Gasteiger partial charge in [-0.25, -0.2) is 17.7 Å². The van der Waals surface area contributed by atoms with Crippen molar-refractivity contribution in [3.63, 3.8) is 0 Å². The number of hydrogen-bond acceptors (Lipinski definition) is 7. The van der Waals surface area contributed by atoms with E-state index in [0.29, 0.717) is 47.2 Å². The van der Waals surface area contributed by atoms with E-state index in [1.54, 1.807) is 42.8 Å². The molecular weight excluding hydrogens is 582 g/mol. The number of nitrogens with zero attached hydrogens (tertiary/aromatic N) is 5.